The van der Waals surface area contributed by atoms with Crippen molar-refractivity contribution in [1.82, 2.24) is 15.5 Å². The number of nitrogens with one attached hydrogen (secondary N) is 2. The zero-order chi connectivity index (χ0) is 20.9. The summed E-state index contributed by atoms with van der Waals surface area (Å²) in [7, 11) is 1.82. The molecule has 0 radical (unpaired) electrons. The van der Waals surface area contributed by atoms with E-state index >= 15 is 0 Å². The van der Waals surface area contributed by atoms with Gasteiger partial charge in [0.25, 0.3) is 0 Å². The van der Waals surface area contributed by atoms with E-state index in [9.17, 15) is 0 Å². The molecular formula is C23H41IN4O2. The van der Waals surface area contributed by atoms with Crippen LogP contribution in [0.15, 0.2) is 23.2 Å². The molecule has 0 aliphatic carbocycles. The van der Waals surface area contributed by atoms with E-state index in [1.54, 1.807) is 0 Å². The van der Waals surface area contributed by atoms with Gasteiger partial charge in [0.05, 0.1) is 6.61 Å². The van der Waals surface area contributed by atoms with E-state index < -0.39 is 0 Å². The van der Waals surface area contributed by atoms with E-state index in [0.29, 0.717) is 26.4 Å². The lowest BCUT2D eigenvalue weighted by molar-refractivity contribution is 0.110. The van der Waals surface area contributed by atoms with Crippen LogP contribution in [0.2, 0.25) is 0 Å². The maximum absolute atomic E-state index is 5.94. The highest BCUT2D eigenvalue weighted by atomic mass is 127. The summed E-state index contributed by atoms with van der Waals surface area (Å²) in [4.78, 5) is 6.91. The molecule has 6 nitrogen and oxygen atoms in total. The third-order valence-electron chi connectivity index (χ3n) is 5.58. The first kappa shape index (κ1) is 27.0. The number of rotatable bonds is 11. The summed E-state index contributed by atoms with van der Waals surface area (Å²) in [5.41, 5.74) is 2.32. The number of nitrogens with zero attached hydrogens (tertiary/aromatic N) is 2. The van der Waals surface area contributed by atoms with Gasteiger partial charge in [0, 0.05) is 32.3 Å². The van der Waals surface area contributed by atoms with E-state index in [2.05, 4.69) is 52.6 Å². The molecule has 0 aromatic heterocycles. The Bertz CT molecular complexity index is 619. The second-order valence-corrected chi connectivity index (χ2v) is 7.68. The van der Waals surface area contributed by atoms with Crippen LogP contribution in [-0.2, 0) is 11.3 Å². The van der Waals surface area contributed by atoms with Crippen molar-refractivity contribution in [2.24, 2.45) is 10.9 Å². The second-order valence-electron chi connectivity index (χ2n) is 7.68. The van der Waals surface area contributed by atoms with Crippen LogP contribution < -0.4 is 15.4 Å². The number of halogens is 1. The molecule has 172 valence electrons. The van der Waals surface area contributed by atoms with Gasteiger partial charge in [-0.1, -0.05) is 19.1 Å². The summed E-state index contributed by atoms with van der Waals surface area (Å²) >= 11 is 0. The quantitative estimate of drug-likeness (QED) is 0.197. The molecule has 1 aliphatic heterocycles. The third kappa shape index (κ3) is 9.83. The van der Waals surface area contributed by atoms with E-state index in [0.717, 1.165) is 29.7 Å². The summed E-state index contributed by atoms with van der Waals surface area (Å²) in [5.74, 6) is 2.58. The van der Waals surface area contributed by atoms with Gasteiger partial charge in [0.15, 0.2) is 5.96 Å². The second kappa shape index (κ2) is 15.7. The monoisotopic (exact) mass is 532 g/mol. The Morgan fingerprint density at radius 2 is 1.93 bits per heavy atom. The Kier molecular flexibility index (Phi) is 14.1. The molecular weight excluding hydrogens is 491 g/mol. The largest absolute Gasteiger partial charge is 0.491 e. The molecule has 1 aliphatic rings. The molecule has 0 atom stereocenters. The molecule has 1 aromatic carbocycles. The van der Waals surface area contributed by atoms with Crippen molar-refractivity contribution in [2.45, 2.75) is 46.6 Å². The predicted molar refractivity (Wildman–Crippen MR) is 136 cm³/mol. The molecule has 0 amide bonds. The number of aliphatic imine (C=N–C) groups is 1. The highest BCUT2D eigenvalue weighted by Crippen LogP contribution is 2.21. The molecule has 0 saturated carbocycles. The highest BCUT2D eigenvalue weighted by Gasteiger charge is 2.17. The Balaban J connectivity index is 0.00000450. The maximum Gasteiger partial charge on any atom is 0.191 e. The number of benzene rings is 1. The number of likely N-dealkylation sites (tertiary alicyclic amines) is 1. The lowest BCUT2D eigenvalue weighted by atomic mass is 9.93. The average molecular weight is 533 g/mol. The Labute approximate surface area is 200 Å². The van der Waals surface area contributed by atoms with Crippen LogP contribution in [0.4, 0.5) is 0 Å². The molecule has 0 unspecified atom stereocenters. The van der Waals surface area contributed by atoms with Crippen molar-refractivity contribution in [2.75, 3.05) is 53.0 Å². The lowest BCUT2D eigenvalue weighted by Gasteiger charge is -2.31. The van der Waals surface area contributed by atoms with Gasteiger partial charge in [-0.05, 0) is 70.3 Å². The van der Waals surface area contributed by atoms with Crippen molar-refractivity contribution >= 4 is 29.9 Å². The molecule has 7 heteroatoms. The molecule has 0 bridgehead atoms. The van der Waals surface area contributed by atoms with Crippen LogP contribution in [0, 0.1) is 12.8 Å². The van der Waals surface area contributed by atoms with E-state index in [4.69, 9.17) is 9.47 Å². The molecule has 1 aromatic rings. The number of piperidine rings is 1. The maximum atomic E-state index is 5.94. The zero-order valence-corrected chi connectivity index (χ0v) is 21.5. The average Bonchev–Trinajstić information content (AvgIpc) is 2.75. The molecule has 1 heterocycles. The fourth-order valence-electron chi connectivity index (χ4n) is 3.68. The standard InChI is InChI=1S/C23H40N4O2.HI/c1-5-27-13-10-20(11-14-27)9-12-25-23(24-4)26-18-21-8-7-19(3)17-22(21)29-16-15-28-6-2;/h7-8,17,20H,5-6,9-16,18H2,1-4H3,(H2,24,25,26);1H. The topological polar surface area (TPSA) is 58.1 Å². The predicted octanol–water partition coefficient (Wildman–Crippen LogP) is 3.82. The summed E-state index contributed by atoms with van der Waals surface area (Å²) in [5, 5.41) is 6.89. The first-order valence-corrected chi connectivity index (χ1v) is 11.1. The molecule has 1 saturated heterocycles. The molecule has 0 spiro atoms. The molecule has 2 rings (SSSR count). The van der Waals surface area contributed by atoms with Crippen LogP contribution >= 0.6 is 24.0 Å². The summed E-state index contributed by atoms with van der Waals surface area (Å²) in [6.07, 6.45) is 3.83. The van der Waals surface area contributed by atoms with Crippen molar-refractivity contribution < 1.29 is 9.47 Å². The van der Waals surface area contributed by atoms with Gasteiger partial charge in [0.2, 0.25) is 0 Å². The van der Waals surface area contributed by atoms with E-state index in [1.807, 2.05) is 14.0 Å². The van der Waals surface area contributed by atoms with Gasteiger partial charge in [-0.2, -0.15) is 0 Å². The summed E-state index contributed by atoms with van der Waals surface area (Å²) in [6, 6.07) is 6.32. The van der Waals surface area contributed by atoms with Crippen LogP contribution in [0.25, 0.3) is 0 Å². The van der Waals surface area contributed by atoms with Crippen molar-refractivity contribution in [3.8, 4) is 5.75 Å². The molecule has 30 heavy (non-hydrogen) atoms. The van der Waals surface area contributed by atoms with Gasteiger partial charge < -0.3 is 25.0 Å². The van der Waals surface area contributed by atoms with Gasteiger partial charge in [-0.15, -0.1) is 24.0 Å². The van der Waals surface area contributed by atoms with E-state index in [1.165, 1.54) is 44.5 Å². The van der Waals surface area contributed by atoms with Crippen LogP contribution in [0.1, 0.15) is 44.2 Å². The normalized spacial score (nSPS) is 15.5. The van der Waals surface area contributed by atoms with Gasteiger partial charge in [-0.3, -0.25) is 4.99 Å². The minimum atomic E-state index is 0. The smallest absolute Gasteiger partial charge is 0.191 e. The van der Waals surface area contributed by atoms with Crippen molar-refractivity contribution in [1.29, 1.82) is 0 Å². The van der Waals surface area contributed by atoms with Crippen LogP contribution in [0.3, 0.4) is 0 Å². The minimum Gasteiger partial charge on any atom is -0.491 e. The fourth-order valence-corrected chi connectivity index (χ4v) is 3.68. The van der Waals surface area contributed by atoms with Crippen molar-refractivity contribution in [3.05, 3.63) is 29.3 Å². The summed E-state index contributed by atoms with van der Waals surface area (Å²) < 4.78 is 11.3. The van der Waals surface area contributed by atoms with Crippen molar-refractivity contribution in [3.63, 3.8) is 0 Å². The van der Waals surface area contributed by atoms with Crippen LogP contribution in [0.5, 0.6) is 5.75 Å². The molecule has 1 fully saturated rings. The van der Waals surface area contributed by atoms with Gasteiger partial charge in [0.1, 0.15) is 12.4 Å². The minimum absolute atomic E-state index is 0. The Morgan fingerprint density at radius 3 is 2.60 bits per heavy atom. The number of ether oxygens (including phenoxy) is 2. The summed E-state index contributed by atoms with van der Waals surface area (Å²) in [6.45, 7) is 13.5. The zero-order valence-electron chi connectivity index (χ0n) is 19.2. The first-order valence-electron chi connectivity index (χ1n) is 11.1. The number of hydrogen-bond acceptors (Lipinski definition) is 4. The molecule has 2 N–H and O–H groups in total. The Hall–Kier alpha value is -1.06. The lowest BCUT2D eigenvalue weighted by Crippen LogP contribution is -2.39. The van der Waals surface area contributed by atoms with Gasteiger partial charge >= 0.3 is 0 Å². The van der Waals surface area contributed by atoms with Crippen LogP contribution in [-0.4, -0.2) is 63.9 Å². The Morgan fingerprint density at radius 1 is 1.17 bits per heavy atom. The number of hydrogen-bond donors (Lipinski definition) is 2. The third-order valence-corrected chi connectivity index (χ3v) is 5.58. The SMILES string of the molecule is CCOCCOc1cc(C)ccc1CNC(=NC)NCCC1CCN(CC)CC1.I. The highest BCUT2D eigenvalue weighted by molar-refractivity contribution is 14.0. The fraction of sp³-hybridized carbons (Fsp3) is 0.696. The number of aryl methyl sites for hydroxylation is 1. The first-order chi connectivity index (χ1) is 14.2. The van der Waals surface area contributed by atoms with Gasteiger partial charge in [-0.25, -0.2) is 0 Å². The van der Waals surface area contributed by atoms with E-state index in [-0.39, 0.29) is 24.0 Å². The number of guanidine groups is 1.